The van der Waals surface area contributed by atoms with Gasteiger partial charge in [-0.15, -0.1) is 0 Å². The fourth-order valence-corrected chi connectivity index (χ4v) is 2.67. The number of benzene rings is 1. The SMILES string of the molecule is CC(C)OCCC(=O)Cc1cc2cc(-c3cncn3C)ccc2nn1. The van der Waals surface area contributed by atoms with Crippen molar-refractivity contribution >= 4 is 16.7 Å². The molecule has 0 aliphatic rings. The Bertz CT molecular complexity index is 886. The fourth-order valence-electron chi connectivity index (χ4n) is 2.67. The molecule has 2 aromatic heterocycles. The first-order chi connectivity index (χ1) is 12.0. The molecule has 0 saturated carbocycles. The van der Waals surface area contributed by atoms with Crippen molar-refractivity contribution in [2.75, 3.05) is 6.61 Å². The molecule has 0 spiro atoms. The molecule has 3 aromatic rings. The van der Waals surface area contributed by atoms with Crippen LogP contribution in [0.25, 0.3) is 22.2 Å². The molecule has 130 valence electrons. The van der Waals surface area contributed by atoms with Crippen LogP contribution >= 0.6 is 0 Å². The highest BCUT2D eigenvalue weighted by molar-refractivity contribution is 5.85. The Balaban J connectivity index is 1.77. The monoisotopic (exact) mass is 338 g/mol. The molecular weight excluding hydrogens is 316 g/mol. The van der Waals surface area contributed by atoms with E-state index in [9.17, 15) is 4.79 Å². The van der Waals surface area contributed by atoms with Crippen molar-refractivity contribution < 1.29 is 9.53 Å². The van der Waals surface area contributed by atoms with Gasteiger partial charge in [-0.2, -0.15) is 10.2 Å². The lowest BCUT2D eigenvalue weighted by Crippen LogP contribution is -2.11. The number of hydrogen-bond donors (Lipinski definition) is 0. The van der Waals surface area contributed by atoms with E-state index in [1.807, 2.05) is 49.9 Å². The van der Waals surface area contributed by atoms with E-state index < -0.39 is 0 Å². The molecule has 0 fully saturated rings. The van der Waals surface area contributed by atoms with Gasteiger partial charge in [-0.25, -0.2) is 4.98 Å². The summed E-state index contributed by atoms with van der Waals surface area (Å²) in [5, 5.41) is 9.37. The summed E-state index contributed by atoms with van der Waals surface area (Å²) in [4.78, 5) is 16.2. The molecule has 0 aliphatic carbocycles. The van der Waals surface area contributed by atoms with Gasteiger partial charge in [0, 0.05) is 24.4 Å². The number of imidazole rings is 1. The number of carbonyl (C=O) groups excluding carboxylic acids is 1. The van der Waals surface area contributed by atoms with E-state index in [1.54, 1.807) is 6.33 Å². The first-order valence-electron chi connectivity index (χ1n) is 8.39. The third-order valence-electron chi connectivity index (χ3n) is 3.96. The van der Waals surface area contributed by atoms with Crippen LogP contribution in [0.5, 0.6) is 0 Å². The topological polar surface area (TPSA) is 69.9 Å². The maximum atomic E-state index is 12.1. The van der Waals surface area contributed by atoms with Crippen LogP contribution < -0.4 is 0 Å². The number of aromatic nitrogens is 4. The number of carbonyl (C=O) groups is 1. The Morgan fingerprint density at radius 2 is 2.08 bits per heavy atom. The van der Waals surface area contributed by atoms with Crippen LogP contribution in [0, 0.1) is 0 Å². The maximum absolute atomic E-state index is 12.1. The third kappa shape index (κ3) is 4.28. The largest absolute Gasteiger partial charge is 0.378 e. The van der Waals surface area contributed by atoms with Crippen molar-refractivity contribution in [3.8, 4) is 11.3 Å². The van der Waals surface area contributed by atoms with Crippen molar-refractivity contribution in [1.29, 1.82) is 0 Å². The number of aryl methyl sites for hydroxylation is 1. The van der Waals surface area contributed by atoms with Crippen molar-refractivity contribution in [3.05, 3.63) is 42.5 Å². The van der Waals surface area contributed by atoms with E-state index >= 15 is 0 Å². The summed E-state index contributed by atoms with van der Waals surface area (Å²) in [6, 6.07) is 7.93. The van der Waals surface area contributed by atoms with Gasteiger partial charge >= 0.3 is 0 Å². The zero-order valence-corrected chi connectivity index (χ0v) is 14.8. The highest BCUT2D eigenvalue weighted by Crippen LogP contribution is 2.23. The first-order valence-corrected chi connectivity index (χ1v) is 8.39. The first kappa shape index (κ1) is 17.2. The molecule has 0 aliphatic heterocycles. The minimum atomic E-state index is 0.108. The zero-order chi connectivity index (χ0) is 17.8. The number of ether oxygens (including phenoxy) is 1. The van der Waals surface area contributed by atoms with Gasteiger partial charge in [-0.1, -0.05) is 6.07 Å². The Hall–Kier alpha value is -2.60. The van der Waals surface area contributed by atoms with Gasteiger partial charge in [0.15, 0.2) is 0 Å². The number of hydrogen-bond acceptors (Lipinski definition) is 5. The summed E-state index contributed by atoms with van der Waals surface area (Å²) in [6.45, 7) is 4.36. The van der Waals surface area contributed by atoms with Crippen LogP contribution in [0.15, 0.2) is 36.8 Å². The Labute approximate surface area is 146 Å². The van der Waals surface area contributed by atoms with Crippen molar-refractivity contribution in [3.63, 3.8) is 0 Å². The van der Waals surface area contributed by atoms with E-state index in [-0.39, 0.29) is 18.3 Å². The number of Topliss-reactive ketones (excluding diaryl/α,β-unsaturated/α-hetero) is 1. The second-order valence-corrected chi connectivity index (χ2v) is 6.38. The molecule has 0 unspecified atom stereocenters. The van der Waals surface area contributed by atoms with Gasteiger partial charge in [0.25, 0.3) is 0 Å². The van der Waals surface area contributed by atoms with Gasteiger partial charge in [0.05, 0.1) is 48.6 Å². The van der Waals surface area contributed by atoms with Crippen molar-refractivity contribution in [2.24, 2.45) is 7.05 Å². The molecule has 6 nitrogen and oxygen atoms in total. The average molecular weight is 338 g/mol. The Morgan fingerprint density at radius 3 is 2.80 bits per heavy atom. The molecule has 2 heterocycles. The average Bonchev–Trinajstić information content (AvgIpc) is 3.00. The van der Waals surface area contributed by atoms with Crippen molar-refractivity contribution in [2.45, 2.75) is 32.8 Å². The molecule has 1 aromatic carbocycles. The smallest absolute Gasteiger partial charge is 0.141 e. The van der Waals surface area contributed by atoms with Gasteiger partial charge in [-0.05, 0) is 32.0 Å². The minimum Gasteiger partial charge on any atom is -0.378 e. The summed E-state index contributed by atoms with van der Waals surface area (Å²) in [6.07, 6.45) is 4.41. The molecule has 0 bridgehead atoms. The molecule has 0 atom stereocenters. The molecule has 3 rings (SSSR count). The summed E-state index contributed by atoms with van der Waals surface area (Å²) < 4.78 is 7.39. The van der Waals surface area contributed by atoms with E-state index in [2.05, 4.69) is 21.2 Å². The second kappa shape index (κ2) is 7.53. The summed E-state index contributed by atoms with van der Waals surface area (Å²) in [7, 11) is 1.96. The number of nitrogens with zero attached hydrogens (tertiary/aromatic N) is 4. The standard InChI is InChI=1S/C19H22N4O2/c1-13(2)25-7-6-17(24)10-16-9-15-8-14(4-5-18(15)22-21-16)19-11-20-12-23(19)3/h4-5,8-9,11-13H,6-7,10H2,1-3H3. The van der Waals surface area contributed by atoms with Crippen LogP contribution in [-0.2, 0) is 23.0 Å². The normalized spacial score (nSPS) is 11.4. The lowest BCUT2D eigenvalue weighted by molar-refractivity contribution is -0.119. The van der Waals surface area contributed by atoms with Gasteiger partial charge in [0.1, 0.15) is 5.78 Å². The van der Waals surface area contributed by atoms with Crippen molar-refractivity contribution in [1.82, 2.24) is 19.7 Å². The fraction of sp³-hybridized carbons (Fsp3) is 0.368. The summed E-state index contributed by atoms with van der Waals surface area (Å²) in [5.41, 5.74) is 3.58. The van der Waals surface area contributed by atoms with Crippen LogP contribution in [0.2, 0.25) is 0 Å². The quantitative estimate of drug-likeness (QED) is 0.662. The Kier molecular flexibility index (Phi) is 5.19. The van der Waals surface area contributed by atoms with E-state index in [4.69, 9.17) is 4.74 Å². The van der Waals surface area contributed by atoms with Gasteiger partial charge in [-0.3, -0.25) is 4.79 Å². The van der Waals surface area contributed by atoms with Gasteiger partial charge in [0.2, 0.25) is 0 Å². The number of fused-ring (bicyclic) bond motifs is 1. The number of ketones is 1. The van der Waals surface area contributed by atoms with E-state index in [0.717, 1.165) is 22.2 Å². The summed E-state index contributed by atoms with van der Waals surface area (Å²) in [5.74, 6) is 0.108. The van der Waals surface area contributed by atoms with E-state index in [1.165, 1.54) is 0 Å². The highest BCUT2D eigenvalue weighted by Gasteiger charge is 2.09. The van der Waals surface area contributed by atoms with Crippen LogP contribution in [0.4, 0.5) is 0 Å². The number of rotatable bonds is 7. The predicted octanol–water partition coefficient (Wildman–Crippen LogP) is 2.96. The van der Waals surface area contributed by atoms with Crippen LogP contribution in [-0.4, -0.2) is 38.2 Å². The molecule has 0 N–H and O–H groups in total. The molecule has 0 radical (unpaired) electrons. The minimum absolute atomic E-state index is 0.108. The zero-order valence-electron chi connectivity index (χ0n) is 14.8. The van der Waals surface area contributed by atoms with Crippen LogP contribution in [0.1, 0.15) is 26.0 Å². The molecule has 0 amide bonds. The second-order valence-electron chi connectivity index (χ2n) is 6.38. The molecule has 0 saturated heterocycles. The molecule has 25 heavy (non-hydrogen) atoms. The molecule has 6 heteroatoms. The van der Waals surface area contributed by atoms with Gasteiger partial charge < -0.3 is 9.30 Å². The van der Waals surface area contributed by atoms with E-state index in [0.29, 0.717) is 18.7 Å². The van der Waals surface area contributed by atoms with Crippen LogP contribution in [0.3, 0.4) is 0 Å². The lowest BCUT2D eigenvalue weighted by Gasteiger charge is -2.07. The lowest BCUT2D eigenvalue weighted by atomic mass is 10.1. The predicted molar refractivity (Wildman–Crippen MR) is 96.2 cm³/mol. The highest BCUT2D eigenvalue weighted by atomic mass is 16.5. The summed E-state index contributed by atoms with van der Waals surface area (Å²) >= 11 is 0. The Morgan fingerprint density at radius 1 is 1.24 bits per heavy atom. The third-order valence-corrected chi connectivity index (χ3v) is 3.96. The maximum Gasteiger partial charge on any atom is 0.141 e. The molecular formula is C19H22N4O2.